The van der Waals surface area contributed by atoms with Crippen molar-refractivity contribution in [2.45, 2.75) is 13.1 Å². The summed E-state index contributed by atoms with van der Waals surface area (Å²) in [7, 11) is 0. The highest BCUT2D eigenvalue weighted by molar-refractivity contribution is 6.30. The monoisotopic (exact) mass is 357 g/mol. The summed E-state index contributed by atoms with van der Waals surface area (Å²) in [6.45, 7) is 1.03. The van der Waals surface area contributed by atoms with Gasteiger partial charge in [-0.05, 0) is 35.4 Å². The Morgan fingerprint density at radius 3 is 1.84 bits per heavy atom. The summed E-state index contributed by atoms with van der Waals surface area (Å²) in [6.07, 6.45) is 3.43. The summed E-state index contributed by atoms with van der Waals surface area (Å²) in [5, 5.41) is 16.0. The maximum Gasteiger partial charge on any atom is 0.253 e. The average Bonchev–Trinajstić information content (AvgIpc) is 2.66. The molecule has 3 aromatic rings. The molecule has 0 fully saturated rings. The molecule has 0 spiro atoms. The molecule has 0 aliphatic carbocycles. The molecule has 2 heterocycles. The maximum atomic E-state index is 9.11. The van der Waals surface area contributed by atoms with E-state index >= 15 is 0 Å². The lowest BCUT2D eigenvalue weighted by molar-refractivity contribution is 0.382. The number of rotatable bonds is 7. The molecule has 1 aromatic carbocycles. The lowest BCUT2D eigenvalue weighted by Crippen LogP contribution is -2.11. The van der Waals surface area contributed by atoms with Crippen LogP contribution < -0.4 is 16.1 Å². The molecule has 4 N–H and O–H groups in total. The normalized spacial score (nSPS) is 10.3. The maximum absolute atomic E-state index is 9.11. The van der Waals surface area contributed by atoms with Gasteiger partial charge >= 0.3 is 0 Å². The van der Waals surface area contributed by atoms with Crippen molar-refractivity contribution < 1.29 is 5.21 Å². The number of pyridine rings is 1. The lowest BCUT2D eigenvalue weighted by atomic mass is 10.2. The SMILES string of the molecule is ONc1nc(NCc2ccncc2)nc(NCc2ccc(Cl)cc2)n1. The highest BCUT2D eigenvalue weighted by Gasteiger charge is 2.06. The van der Waals surface area contributed by atoms with Gasteiger partial charge < -0.3 is 10.6 Å². The van der Waals surface area contributed by atoms with Crippen LogP contribution in [0.25, 0.3) is 0 Å². The van der Waals surface area contributed by atoms with Gasteiger partial charge in [0.25, 0.3) is 5.95 Å². The number of halogens is 1. The zero-order valence-electron chi connectivity index (χ0n) is 13.1. The molecule has 25 heavy (non-hydrogen) atoms. The van der Waals surface area contributed by atoms with Crippen LogP contribution in [-0.2, 0) is 13.1 Å². The predicted molar refractivity (Wildman–Crippen MR) is 95.6 cm³/mol. The van der Waals surface area contributed by atoms with E-state index in [1.807, 2.05) is 41.9 Å². The van der Waals surface area contributed by atoms with Crippen LogP contribution >= 0.6 is 11.6 Å². The quantitative estimate of drug-likeness (QED) is 0.478. The van der Waals surface area contributed by atoms with E-state index in [1.54, 1.807) is 12.4 Å². The van der Waals surface area contributed by atoms with Crippen molar-refractivity contribution in [3.63, 3.8) is 0 Å². The first kappa shape index (κ1) is 16.9. The Morgan fingerprint density at radius 1 is 0.760 bits per heavy atom. The Hall–Kier alpha value is -2.97. The molecule has 0 aliphatic heterocycles. The smallest absolute Gasteiger partial charge is 0.253 e. The fraction of sp³-hybridized carbons (Fsp3) is 0.125. The van der Waals surface area contributed by atoms with Crippen LogP contribution in [0.4, 0.5) is 17.8 Å². The first-order valence-electron chi connectivity index (χ1n) is 7.50. The molecular formula is C16H16ClN7O. The minimum absolute atomic E-state index is 0.0471. The molecule has 0 saturated heterocycles. The predicted octanol–water partition coefficient (Wildman–Crippen LogP) is 2.95. The lowest BCUT2D eigenvalue weighted by Gasteiger charge is -2.10. The van der Waals surface area contributed by atoms with E-state index in [-0.39, 0.29) is 5.95 Å². The summed E-state index contributed by atoms with van der Waals surface area (Å²) in [5.41, 5.74) is 4.00. The molecule has 0 bridgehead atoms. The third-order valence-electron chi connectivity index (χ3n) is 3.30. The molecule has 0 aliphatic rings. The zero-order chi connectivity index (χ0) is 17.5. The molecule has 8 nitrogen and oxygen atoms in total. The van der Waals surface area contributed by atoms with E-state index in [4.69, 9.17) is 16.8 Å². The molecule has 0 atom stereocenters. The van der Waals surface area contributed by atoms with E-state index in [0.29, 0.717) is 30.0 Å². The van der Waals surface area contributed by atoms with Crippen LogP contribution in [0, 0.1) is 0 Å². The van der Waals surface area contributed by atoms with E-state index in [2.05, 4.69) is 30.6 Å². The van der Waals surface area contributed by atoms with E-state index in [0.717, 1.165) is 11.1 Å². The van der Waals surface area contributed by atoms with Gasteiger partial charge in [-0.25, -0.2) is 5.48 Å². The van der Waals surface area contributed by atoms with Gasteiger partial charge in [-0.1, -0.05) is 23.7 Å². The van der Waals surface area contributed by atoms with Gasteiger partial charge in [0, 0.05) is 30.5 Å². The standard InChI is InChI=1S/C16H16ClN7O/c17-13-3-1-11(2-4-13)9-19-14-21-15(23-16(22-14)24-25)20-10-12-5-7-18-8-6-12/h1-8,25H,9-10H2,(H3,19,20,21,22,23,24). The number of hydrogen-bond donors (Lipinski definition) is 4. The summed E-state index contributed by atoms with van der Waals surface area (Å²) in [6, 6.07) is 11.2. The average molecular weight is 358 g/mol. The van der Waals surface area contributed by atoms with Crippen molar-refractivity contribution in [3.8, 4) is 0 Å². The van der Waals surface area contributed by atoms with Crippen LogP contribution in [0.1, 0.15) is 11.1 Å². The Bertz CT molecular complexity index is 814. The molecule has 128 valence electrons. The molecule has 3 rings (SSSR count). The van der Waals surface area contributed by atoms with Gasteiger partial charge in [0.2, 0.25) is 11.9 Å². The number of anilines is 3. The van der Waals surface area contributed by atoms with E-state index in [1.165, 1.54) is 0 Å². The highest BCUT2D eigenvalue weighted by Crippen LogP contribution is 2.13. The Morgan fingerprint density at radius 2 is 1.28 bits per heavy atom. The summed E-state index contributed by atoms with van der Waals surface area (Å²) in [5.74, 6) is 0.714. The van der Waals surface area contributed by atoms with Gasteiger partial charge in [0.15, 0.2) is 0 Å². The summed E-state index contributed by atoms with van der Waals surface area (Å²) < 4.78 is 0. The minimum Gasteiger partial charge on any atom is -0.350 e. The molecule has 0 amide bonds. The molecule has 0 unspecified atom stereocenters. The number of nitrogens with one attached hydrogen (secondary N) is 3. The Kier molecular flexibility index (Phi) is 5.55. The minimum atomic E-state index is 0.0471. The molecule has 0 saturated carbocycles. The largest absolute Gasteiger partial charge is 0.350 e. The van der Waals surface area contributed by atoms with Gasteiger partial charge in [0.1, 0.15) is 0 Å². The van der Waals surface area contributed by atoms with Crippen LogP contribution in [0.15, 0.2) is 48.8 Å². The zero-order valence-corrected chi connectivity index (χ0v) is 13.9. The van der Waals surface area contributed by atoms with Crippen LogP contribution in [-0.4, -0.2) is 25.1 Å². The van der Waals surface area contributed by atoms with Crippen LogP contribution in [0.2, 0.25) is 5.02 Å². The number of benzene rings is 1. The third kappa shape index (κ3) is 5.00. The van der Waals surface area contributed by atoms with Crippen molar-refractivity contribution in [2.24, 2.45) is 0 Å². The van der Waals surface area contributed by atoms with Crippen LogP contribution in [0.3, 0.4) is 0 Å². The molecule has 2 aromatic heterocycles. The van der Waals surface area contributed by atoms with Gasteiger partial charge in [-0.15, -0.1) is 0 Å². The topological polar surface area (TPSA) is 108 Å². The third-order valence-corrected chi connectivity index (χ3v) is 3.55. The van der Waals surface area contributed by atoms with Crippen molar-refractivity contribution in [3.05, 3.63) is 64.9 Å². The van der Waals surface area contributed by atoms with Crippen molar-refractivity contribution >= 4 is 29.4 Å². The summed E-state index contributed by atoms with van der Waals surface area (Å²) in [4.78, 5) is 16.4. The molecule has 9 heteroatoms. The van der Waals surface area contributed by atoms with Crippen LogP contribution in [0.5, 0.6) is 0 Å². The Balaban J connectivity index is 1.67. The highest BCUT2D eigenvalue weighted by atomic mass is 35.5. The molecular weight excluding hydrogens is 342 g/mol. The van der Waals surface area contributed by atoms with E-state index < -0.39 is 0 Å². The summed E-state index contributed by atoms with van der Waals surface area (Å²) >= 11 is 5.87. The van der Waals surface area contributed by atoms with Gasteiger partial charge in [-0.2, -0.15) is 15.0 Å². The molecule has 0 radical (unpaired) electrons. The van der Waals surface area contributed by atoms with Crippen molar-refractivity contribution in [1.82, 2.24) is 19.9 Å². The van der Waals surface area contributed by atoms with Crippen molar-refractivity contribution in [1.29, 1.82) is 0 Å². The second-order valence-electron chi connectivity index (χ2n) is 5.11. The second-order valence-corrected chi connectivity index (χ2v) is 5.54. The first-order valence-corrected chi connectivity index (χ1v) is 7.88. The van der Waals surface area contributed by atoms with Gasteiger partial charge in [0.05, 0.1) is 0 Å². The first-order chi connectivity index (χ1) is 12.2. The number of hydrogen-bond acceptors (Lipinski definition) is 8. The fourth-order valence-electron chi connectivity index (χ4n) is 2.05. The van der Waals surface area contributed by atoms with Gasteiger partial charge in [-0.3, -0.25) is 10.2 Å². The number of nitrogens with zero attached hydrogens (tertiary/aromatic N) is 4. The second kappa shape index (κ2) is 8.22. The number of aromatic nitrogens is 4. The Labute approximate surface area is 149 Å². The van der Waals surface area contributed by atoms with Crippen molar-refractivity contribution in [2.75, 3.05) is 16.1 Å². The fourth-order valence-corrected chi connectivity index (χ4v) is 2.18. The van der Waals surface area contributed by atoms with E-state index in [9.17, 15) is 0 Å².